The van der Waals surface area contributed by atoms with Crippen molar-refractivity contribution in [3.63, 3.8) is 0 Å². The highest BCUT2D eigenvalue weighted by Gasteiger charge is 2.15. The molecule has 0 spiro atoms. The first-order chi connectivity index (χ1) is 9.35. The Morgan fingerprint density at radius 3 is 2.50 bits per heavy atom. The number of halogens is 1. The minimum absolute atomic E-state index is 0.0723. The molecule has 0 fully saturated rings. The van der Waals surface area contributed by atoms with Gasteiger partial charge in [0.25, 0.3) is 5.91 Å². The Balaban J connectivity index is 2.09. The molecule has 0 saturated heterocycles. The fraction of sp³-hybridized carbons (Fsp3) is 0.267. The summed E-state index contributed by atoms with van der Waals surface area (Å²) in [4.78, 5) is 13.8. The molecule has 0 saturated carbocycles. The van der Waals surface area contributed by atoms with E-state index < -0.39 is 5.54 Å². The van der Waals surface area contributed by atoms with E-state index in [1.54, 1.807) is 0 Å². The van der Waals surface area contributed by atoms with Crippen LogP contribution in [0.25, 0.3) is 10.4 Å². The fourth-order valence-electron chi connectivity index (χ4n) is 1.62. The van der Waals surface area contributed by atoms with E-state index >= 15 is 0 Å². The van der Waals surface area contributed by atoms with Crippen molar-refractivity contribution in [1.82, 2.24) is 5.32 Å². The van der Waals surface area contributed by atoms with Crippen LogP contribution in [0, 0.1) is 0 Å². The molecule has 0 aliphatic heterocycles. The molecule has 0 aliphatic carbocycles. The van der Waals surface area contributed by atoms with Gasteiger partial charge in [-0.05, 0) is 43.7 Å². The molecule has 1 amide bonds. The average Bonchev–Trinajstić information content (AvgIpc) is 2.85. The number of nitrogens with one attached hydrogen (secondary N) is 1. The highest BCUT2D eigenvalue weighted by atomic mass is 79.9. The first-order valence-corrected chi connectivity index (χ1v) is 7.89. The second-order valence-electron chi connectivity index (χ2n) is 5.34. The molecule has 0 unspecified atom stereocenters. The maximum Gasteiger partial charge on any atom is 0.261 e. The van der Waals surface area contributed by atoms with Gasteiger partial charge in [0.1, 0.15) is 0 Å². The third-order valence-corrected chi connectivity index (χ3v) is 4.32. The predicted octanol–water partition coefficient (Wildman–Crippen LogP) is 3.64. The summed E-state index contributed by atoms with van der Waals surface area (Å²) in [6, 6.07) is 11.9. The van der Waals surface area contributed by atoms with E-state index in [0.29, 0.717) is 11.4 Å². The lowest BCUT2D eigenvalue weighted by Gasteiger charge is -2.18. The molecule has 0 bridgehead atoms. The van der Waals surface area contributed by atoms with Crippen LogP contribution in [0.3, 0.4) is 0 Å². The van der Waals surface area contributed by atoms with Crippen LogP contribution in [0.1, 0.15) is 23.5 Å². The van der Waals surface area contributed by atoms with Crippen molar-refractivity contribution in [1.29, 1.82) is 0 Å². The van der Waals surface area contributed by atoms with Crippen molar-refractivity contribution < 1.29 is 4.79 Å². The number of carbonyl (C=O) groups excluding carboxylic acids is 1. The van der Waals surface area contributed by atoms with E-state index in [9.17, 15) is 4.79 Å². The van der Waals surface area contributed by atoms with Crippen molar-refractivity contribution in [3.8, 4) is 10.4 Å². The summed E-state index contributed by atoms with van der Waals surface area (Å²) in [5, 5.41) is 2.85. The van der Waals surface area contributed by atoms with Gasteiger partial charge in [0.05, 0.1) is 4.88 Å². The summed E-state index contributed by atoms with van der Waals surface area (Å²) in [6.07, 6.45) is 0. The molecule has 3 nitrogen and oxygen atoms in total. The molecule has 1 heterocycles. The Morgan fingerprint density at radius 1 is 1.25 bits per heavy atom. The van der Waals surface area contributed by atoms with Crippen LogP contribution in [0.2, 0.25) is 0 Å². The van der Waals surface area contributed by atoms with Crippen LogP contribution in [0.5, 0.6) is 0 Å². The number of carbonyl (C=O) groups is 1. The molecule has 20 heavy (non-hydrogen) atoms. The Bertz CT molecular complexity index is 599. The van der Waals surface area contributed by atoms with Gasteiger partial charge in [0.2, 0.25) is 0 Å². The molecule has 2 rings (SSSR count). The second kappa shape index (κ2) is 6.08. The SMILES string of the molecule is CC(C)(N)CNC(=O)c1ccc(-c2ccc(Br)cc2)s1. The van der Waals surface area contributed by atoms with Gasteiger partial charge in [-0.15, -0.1) is 11.3 Å². The standard InChI is InChI=1S/C15H17BrN2OS/c1-15(2,17)9-18-14(19)13-8-7-12(20-13)10-3-5-11(16)6-4-10/h3-8H,9,17H2,1-2H3,(H,18,19). The number of benzene rings is 1. The molecule has 106 valence electrons. The van der Waals surface area contributed by atoms with Crippen LogP contribution >= 0.6 is 27.3 Å². The minimum Gasteiger partial charge on any atom is -0.350 e. The molecule has 3 N–H and O–H groups in total. The number of rotatable bonds is 4. The van der Waals surface area contributed by atoms with Crippen LogP contribution in [-0.4, -0.2) is 18.0 Å². The predicted molar refractivity (Wildman–Crippen MR) is 88.1 cm³/mol. The van der Waals surface area contributed by atoms with Crippen LogP contribution in [0.4, 0.5) is 0 Å². The highest BCUT2D eigenvalue weighted by molar-refractivity contribution is 9.10. The van der Waals surface area contributed by atoms with Crippen molar-refractivity contribution in [3.05, 3.63) is 45.7 Å². The summed E-state index contributed by atoms with van der Waals surface area (Å²) < 4.78 is 1.04. The number of thiophene rings is 1. The molecule has 0 aliphatic rings. The van der Waals surface area contributed by atoms with Gasteiger partial charge in [0.15, 0.2) is 0 Å². The fourth-order valence-corrected chi connectivity index (χ4v) is 2.82. The van der Waals surface area contributed by atoms with E-state index in [0.717, 1.165) is 14.9 Å². The second-order valence-corrected chi connectivity index (χ2v) is 7.34. The molecule has 1 aromatic carbocycles. The number of hydrogen-bond donors (Lipinski definition) is 2. The van der Waals surface area contributed by atoms with Crippen LogP contribution < -0.4 is 11.1 Å². The monoisotopic (exact) mass is 352 g/mol. The van der Waals surface area contributed by atoms with Crippen molar-refractivity contribution in [2.24, 2.45) is 5.73 Å². The number of amides is 1. The van der Waals surface area contributed by atoms with E-state index in [-0.39, 0.29) is 5.91 Å². The van der Waals surface area contributed by atoms with E-state index in [2.05, 4.69) is 21.2 Å². The number of nitrogens with two attached hydrogens (primary N) is 1. The Kier molecular flexibility index (Phi) is 4.62. The Hall–Kier alpha value is -1.17. The third-order valence-electron chi connectivity index (χ3n) is 2.66. The summed E-state index contributed by atoms with van der Waals surface area (Å²) in [5.74, 6) is -0.0723. The molecule has 1 aromatic heterocycles. The lowest BCUT2D eigenvalue weighted by atomic mass is 10.1. The topological polar surface area (TPSA) is 55.1 Å². The summed E-state index contributed by atoms with van der Waals surface area (Å²) in [7, 11) is 0. The van der Waals surface area contributed by atoms with Gasteiger partial charge >= 0.3 is 0 Å². The molecule has 5 heteroatoms. The lowest BCUT2D eigenvalue weighted by Crippen LogP contribution is -2.44. The van der Waals surface area contributed by atoms with Gasteiger partial charge in [-0.1, -0.05) is 28.1 Å². The molecule has 0 radical (unpaired) electrons. The van der Waals surface area contributed by atoms with Gasteiger partial charge in [-0.25, -0.2) is 0 Å². The van der Waals surface area contributed by atoms with E-state index in [4.69, 9.17) is 5.73 Å². The van der Waals surface area contributed by atoms with E-state index in [1.807, 2.05) is 50.2 Å². The molecular formula is C15H17BrN2OS. The summed E-state index contributed by atoms with van der Waals surface area (Å²) in [5.41, 5.74) is 6.56. The van der Waals surface area contributed by atoms with Crippen molar-refractivity contribution in [2.45, 2.75) is 19.4 Å². The minimum atomic E-state index is -0.401. The van der Waals surface area contributed by atoms with Crippen molar-refractivity contribution >= 4 is 33.2 Å². The van der Waals surface area contributed by atoms with Crippen molar-refractivity contribution in [2.75, 3.05) is 6.54 Å². The first-order valence-electron chi connectivity index (χ1n) is 6.28. The Labute approximate surface area is 131 Å². The normalized spacial score (nSPS) is 11.4. The zero-order valence-corrected chi connectivity index (χ0v) is 13.8. The summed E-state index contributed by atoms with van der Waals surface area (Å²) in [6.45, 7) is 4.22. The van der Waals surface area contributed by atoms with Gasteiger partial charge < -0.3 is 11.1 Å². The van der Waals surface area contributed by atoms with Crippen LogP contribution in [0.15, 0.2) is 40.9 Å². The third kappa shape index (κ3) is 4.16. The maximum absolute atomic E-state index is 12.0. The molecule has 2 aromatic rings. The number of hydrogen-bond acceptors (Lipinski definition) is 3. The lowest BCUT2D eigenvalue weighted by molar-refractivity contribution is 0.0950. The van der Waals surface area contributed by atoms with E-state index in [1.165, 1.54) is 11.3 Å². The maximum atomic E-state index is 12.0. The molecule has 0 atom stereocenters. The average molecular weight is 353 g/mol. The first kappa shape index (κ1) is 15.2. The van der Waals surface area contributed by atoms with Gasteiger partial charge in [0, 0.05) is 21.4 Å². The quantitative estimate of drug-likeness (QED) is 0.882. The smallest absolute Gasteiger partial charge is 0.261 e. The Morgan fingerprint density at radius 2 is 1.90 bits per heavy atom. The van der Waals surface area contributed by atoms with Crippen LogP contribution in [-0.2, 0) is 0 Å². The highest BCUT2D eigenvalue weighted by Crippen LogP contribution is 2.29. The van der Waals surface area contributed by atoms with Gasteiger partial charge in [-0.3, -0.25) is 4.79 Å². The largest absolute Gasteiger partial charge is 0.350 e. The molecular weight excluding hydrogens is 336 g/mol. The zero-order chi connectivity index (χ0) is 14.8. The zero-order valence-electron chi connectivity index (χ0n) is 11.4. The summed E-state index contributed by atoms with van der Waals surface area (Å²) >= 11 is 4.90. The van der Waals surface area contributed by atoms with Gasteiger partial charge in [-0.2, -0.15) is 0 Å².